The van der Waals surface area contributed by atoms with E-state index >= 15 is 0 Å². The lowest BCUT2D eigenvalue weighted by atomic mass is 10.0. The maximum absolute atomic E-state index is 11.4. The van der Waals surface area contributed by atoms with Crippen molar-refractivity contribution >= 4 is 6.09 Å². The molecule has 1 rings (SSSR count). The number of carbonyl (C=O) groups excluding carboxylic acids is 1. The van der Waals surface area contributed by atoms with Crippen LogP contribution < -0.4 is 5.32 Å². The van der Waals surface area contributed by atoms with Crippen molar-refractivity contribution in [2.75, 3.05) is 6.54 Å². The van der Waals surface area contributed by atoms with Gasteiger partial charge in [-0.2, -0.15) is 0 Å². The molecule has 1 amide bonds. The van der Waals surface area contributed by atoms with E-state index in [2.05, 4.69) is 5.32 Å². The van der Waals surface area contributed by atoms with Gasteiger partial charge >= 0.3 is 6.09 Å². The van der Waals surface area contributed by atoms with E-state index < -0.39 is 23.9 Å². The summed E-state index contributed by atoms with van der Waals surface area (Å²) < 4.78 is 5.09. The highest BCUT2D eigenvalue weighted by Gasteiger charge is 2.19. The van der Waals surface area contributed by atoms with Gasteiger partial charge in [-0.15, -0.1) is 0 Å². The van der Waals surface area contributed by atoms with Crippen molar-refractivity contribution in [3.63, 3.8) is 0 Å². The Morgan fingerprint density at radius 1 is 1.33 bits per heavy atom. The summed E-state index contributed by atoms with van der Waals surface area (Å²) in [6.45, 7) is 7.50. The molecule has 5 nitrogen and oxygen atoms in total. The quantitative estimate of drug-likeness (QED) is 0.779. The summed E-state index contributed by atoms with van der Waals surface area (Å²) in [6.07, 6.45) is -2.19. The van der Waals surface area contributed by atoms with Gasteiger partial charge in [0, 0.05) is 6.54 Å². The highest BCUT2D eigenvalue weighted by molar-refractivity contribution is 5.67. The number of aliphatic hydroxyl groups excluding tert-OH is 2. The second kappa shape index (κ2) is 7.43. The number of hydrogen-bond donors (Lipinski definition) is 3. The first kappa shape index (κ1) is 17.5. The minimum Gasteiger partial charge on any atom is -0.444 e. The van der Waals surface area contributed by atoms with Crippen LogP contribution in [0.25, 0.3) is 0 Å². The van der Waals surface area contributed by atoms with E-state index in [9.17, 15) is 15.0 Å². The molecule has 0 saturated heterocycles. The fourth-order valence-electron chi connectivity index (χ4n) is 1.87. The molecule has 2 atom stereocenters. The van der Waals surface area contributed by atoms with Crippen LogP contribution >= 0.6 is 0 Å². The summed E-state index contributed by atoms with van der Waals surface area (Å²) in [5.41, 5.74) is 1.13. The van der Waals surface area contributed by atoms with Crippen molar-refractivity contribution in [2.24, 2.45) is 0 Å². The highest BCUT2D eigenvalue weighted by atomic mass is 16.6. The van der Waals surface area contributed by atoms with Crippen molar-refractivity contribution in [2.45, 2.75) is 51.9 Å². The van der Waals surface area contributed by atoms with Crippen LogP contribution in [-0.4, -0.2) is 34.6 Å². The van der Waals surface area contributed by atoms with Gasteiger partial charge in [0.1, 0.15) is 11.7 Å². The molecule has 0 aliphatic carbocycles. The van der Waals surface area contributed by atoms with E-state index in [1.807, 2.05) is 25.1 Å². The number of nitrogens with one attached hydrogen (secondary N) is 1. The number of rotatable bonds is 5. The third kappa shape index (κ3) is 6.60. The van der Waals surface area contributed by atoms with Crippen LogP contribution in [0.5, 0.6) is 0 Å². The predicted molar refractivity (Wildman–Crippen MR) is 81.0 cm³/mol. The Morgan fingerprint density at radius 2 is 2.00 bits per heavy atom. The zero-order valence-electron chi connectivity index (χ0n) is 13.1. The maximum atomic E-state index is 11.4. The van der Waals surface area contributed by atoms with Gasteiger partial charge in [0.2, 0.25) is 0 Å². The topological polar surface area (TPSA) is 78.8 Å². The highest BCUT2D eigenvalue weighted by Crippen LogP contribution is 2.19. The number of alkyl carbamates (subject to hydrolysis) is 1. The van der Waals surface area contributed by atoms with Gasteiger partial charge in [-0.3, -0.25) is 0 Å². The summed E-state index contributed by atoms with van der Waals surface area (Å²) in [5.74, 6) is 0. The fraction of sp³-hybridized carbons (Fsp3) is 0.562. The summed E-state index contributed by atoms with van der Waals surface area (Å²) in [7, 11) is 0. The molecule has 0 radical (unpaired) electrons. The summed E-state index contributed by atoms with van der Waals surface area (Å²) >= 11 is 0. The Bertz CT molecular complexity index is 468. The SMILES string of the molecule is Cc1cccc(C(O)C(O)CCNC(=O)OC(C)(C)C)c1. The molecule has 1 aromatic rings. The molecule has 0 spiro atoms. The van der Waals surface area contributed by atoms with Crippen molar-refractivity contribution in [3.8, 4) is 0 Å². The monoisotopic (exact) mass is 295 g/mol. The molecule has 118 valence electrons. The van der Waals surface area contributed by atoms with Crippen LogP contribution in [0.4, 0.5) is 4.79 Å². The van der Waals surface area contributed by atoms with E-state index in [1.54, 1.807) is 26.8 Å². The molecule has 0 saturated carbocycles. The molecule has 3 N–H and O–H groups in total. The zero-order chi connectivity index (χ0) is 16.0. The van der Waals surface area contributed by atoms with Crippen molar-refractivity contribution in [1.82, 2.24) is 5.32 Å². The van der Waals surface area contributed by atoms with Gasteiger partial charge in [0.25, 0.3) is 0 Å². The van der Waals surface area contributed by atoms with Crippen molar-refractivity contribution in [1.29, 1.82) is 0 Å². The molecule has 0 aromatic heterocycles. The van der Waals surface area contributed by atoms with E-state index in [4.69, 9.17) is 4.74 Å². The first-order valence-corrected chi connectivity index (χ1v) is 7.08. The Kier molecular flexibility index (Phi) is 6.18. The molecule has 0 bridgehead atoms. The number of aryl methyl sites for hydroxylation is 1. The predicted octanol–water partition coefficient (Wildman–Crippen LogP) is 2.30. The molecule has 0 heterocycles. The van der Waals surface area contributed by atoms with Crippen molar-refractivity contribution in [3.05, 3.63) is 35.4 Å². The van der Waals surface area contributed by atoms with E-state index in [0.29, 0.717) is 5.56 Å². The Balaban J connectivity index is 2.40. The van der Waals surface area contributed by atoms with Crippen LogP contribution in [0.15, 0.2) is 24.3 Å². The zero-order valence-corrected chi connectivity index (χ0v) is 13.1. The number of ether oxygens (including phenoxy) is 1. The smallest absolute Gasteiger partial charge is 0.407 e. The van der Waals surface area contributed by atoms with Gasteiger partial charge < -0.3 is 20.3 Å². The van der Waals surface area contributed by atoms with Gasteiger partial charge in [0.05, 0.1) is 6.10 Å². The van der Waals surface area contributed by atoms with Gasteiger partial charge in [0.15, 0.2) is 0 Å². The van der Waals surface area contributed by atoms with Gasteiger partial charge in [-0.1, -0.05) is 29.8 Å². The molecule has 0 fully saturated rings. The molecule has 0 aliphatic rings. The van der Waals surface area contributed by atoms with E-state index in [0.717, 1.165) is 5.56 Å². The van der Waals surface area contributed by atoms with E-state index in [1.165, 1.54) is 0 Å². The molecular weight excluding hydrogens is 270 g/mol. The minimum absolute atomic E-state index is 0.235. The fourth-order valence-corrected chi connectivity index (χ4v) is 1.87. The Morgan fingerprint density at radius 3 is 2.57 bits per heavy atom. The number of benzene rings is 1. The number of hydrogen-bond acceptors (Lipinski definition) is 4. The van der Waals surface area contributed by atoms with Crippen LogP contribution in [0.3, 0.4) is 0 Å². The number of carbonyl (C=O) groups is 1. The first-order chi connectivity index (χ1) is 9.69. The lowest BCUT2D eigenvalue weighted by Crippen LogP contribution is -2.34. The lowest BCUT2D eigenvalue weighted by Gasteiger charge is -2.21. The van der Waals surface area contributed by atoms with Crippen LogP contribution in [0.2, 0.25) is 0 Å². The molecule has 1 aromatic carbocycles. The second-order valence-electron chi connectivity index (χ2n) is 6.14. The molecule has 2 unspecified atom stereocenters. The van der Waals surface area contributed by atoms with Crippen molar-refractivity contribution < 1.29 is 19.7 Å². The van der Waals surface area contributed by atoms with Gasteiger partial charge in [-0.05, 0) is 39.7 Å². The van der Waals surface area contributed by atoms with Crippen LogP contribution in [0.1, 0.15) is 44.4 Å². The summed E-state index contributed by atoms with van der Waals surface area (Å²) in [6, 6.07) is 7.35. The molecule has 0 aliphatic heterocycles. The molecular formula is C16H25NO4. The number of aliphatic hydroxyl groups is 2. The lowest BCUT2D eigenvalue weighted by molar-refractivity contribution is 0.0123. The summed E-state index contributed by atoms with van der Waals surface area (Å²) in [5, 5.41) is 22.6. The summed E-state index contributed by atoms with van der Waals surface area (Å²) in [4.78, 5) is 11.4. The van der Waals surface area contributed by atoms with Crippen LogP contribution in [0, 0.1) is 6.92 Å². The molecule has 21 heavy (non-hydrogen) atoms. The van der Waals surface area contributed by atoms with Crippen LogP contribution in [-0.2, 0) is 4.74 Å². The first-order valence-electron chi connectivity index (χ1n) is 7.08. The Labute approximate surface area is 125 Å². The third-order valence-corrected chi connectivity index (χ3v) is 2.86. The van der Waals surface area contributed by atoms with E-state index in [-0.39, 0.29) is 13.0 Å². The Hall–Kier alpha value is -1.59. The normalized spacial score (nSPS) is 14.4. The average Bonchev–Trinajstić information content (AvgIpc) is 2.35. The standard InChI is InChI=1S/C16H25NO4/c1-11-6-5-7-12(10-11)14(19)13(18)8-9-17-15(20)21-16(2,3)4/h5-7,10,13-14,18-19H,8-9H2,1-4H3,(H,17,20). The minimum atomic E-state index is -0.967. The second-order valence-corrected chi connectivity index (χ2v) is 6.14. The van der Waals surface area contributed by atoms with Gasteiger partial charge in [-0.25, -0.2) is 4.79 Å². The average molecular weight is 295 g/mol. The number of amides is 1. The molecule has 5 heteroatoms. The maximum Gasteiger partial charge on any atom is 0.407 e. The largest absolute Gasteiger partial charge is 0.444 e. The third-order valence-electron chi connectivity index (χ3n) is 2.86.